The molecule has 144 valence electrons. The Morgan fingerprint density at radius 1 is 1.21 bits per heavy atom. The second-order valence-corrected chi connectivity index (χ2v) is 7.61. The van der Waals surface area contributed by atoms with E-state index in [1.807, 2.05) is 36.5 Å². The summed E-state index contributed by atoms with van der Waals surface area (Å²) in [6, 6.07) is 9.77. The van der Waals surface area contributed by atoms with Crippen molar-refractivity contribution in [2.24, 2.45) is 9.98 Å². The predicted octanol–water partition coefficient (Wildman–Crippen LogP) is 3.66. The van der Waals surface area contributed by atoms with E-state index in [2.05, 4.69) is 46.5 Å². The van der Waals surface area contributed by atoms with Crippen LogP contribution in [0.25, 0.3) is 0 Å². The Morgan fingerprint density at radius 3 is 2.82 bits per heavy atom. The number of likely N-dealkylation sites (N-methyl/N-ethyl adjacent to an activating group) is 1. The molecule has 28 heavy (non-hydrogen) atoms. The number of hydrogen-bond donors (Lipinski definition) is 2. The van der Waals surface area contributed by atoms with Crippen LogP contribution in [-0.2, 0) is 0 Å². The van der Waals surface area contributed by atoms with Crippen LogP contribution in [0.2, 0.25) is 5.02 Å². The lowest BCUT2D eigenvalue weighted by molar-refractivity contribution is 0.425. The molecule has 4 rings (SSSR count). The summed E-state index contributed by atoms with van der Waals surface area (Å²) in [7, 11) is 4.10. The van der Waals surface area contributed by atoms with Crippen LogP contribution in [0.15, 0.2) is 57.8 Å². The molecule has 1 aromatic heterocycles. The Bertz CT molecular complexity index is 1010. The molecule has 6 nitrogen and oxygen atoms in total. The van der Waals surface area contributed by atoms with Gasteiger partial charge in [-0.25, -0.2) is 9.98 Å². The van der Waals surface area contributed by atoms with Crippen molar-refractivity contribution in [3.05, 3.63) is 63.9 Å². The standard InChI is InChI=1S/C21H23ClN6/c1-13-11-25-21-19(13)27-20(14-6-4-5-7-16(14)22)15-12-24-18(10-17(15)26-21)23-8-9-28(2)3/h4-7,10,12H,8-9,11H2,1-3H3,(H,23,24)(H,25,26). The summed E-state index contributed by atoms with van der Waals surface area (Å²) in [6.07, 6.45) is 1.85. The van der Waals surface area contributed by atoms with E-state index in [0.717, 1.165) is 58.5 Å². The number of benzene rings is 1. The molecule has 0 radical (unpaired) electrons. The molecular weight excluding hydrogens is 372 g/mol. The molecule has 0 fully saturated rings. The van der Waals surface area contributed by atoms with E-state index < -0.39 is 0 Å². The van der Waals surface area contributed by atoms with Gasteiger partial charge in [-0.15, -0.1) is 0 Å². The third-order valence-corrected chi connectivity index (χ3v) is 5.06. The second kappa shape index (κ2) is 7.73. The maximum Gasteiger partial charge on any atom is 0.152 e. The summed E-state index contributed by atoms with van der Waals surface area (Å²) < 4.78 is 0. The van der Waals surface area contributed by atoms with Crippen LogP contribution in [0, 0.1) is 0 Å². The third kappa shape index (κ3) is 3.66. The number of aliphatic imine (C=N–C) groups is 2. The molecule has 0 unspecified atom stereocenters. The summed E-state index contributed by atoms with van der Waals surface area (Å²) in [5.41, 5.74) is 5.54. The van der Waals surface area contributed by atoms with Crippen molar-refractivity contribution in [3.8, 4) is 0 Å². The number of nitrogens with one attached hydrogen (secondary N) is 2. The van der Waals surface area contributed by atoms with Crippen molar-refractivity contribution in [1.82, 2.24) is 9.88 Å². The number of fused-ring (bicyclic) bond motifs is 2. The summed E-state index contributed by atoms with van der Waals surface area (Å²) in [6.45, 7) is 4.46. The highest BCUT2D eigenvalue weighted by molar-refractivity contribution is 6.36. The number of pyridine rings is 1. The predicted molar refractivity (Wildman–Crippen MR) is 117 cm³/mol. The van der Waals surface area contributed by atoms with Crippen LogP contribution in [0.5, 0.6) is 0 Å². The van der Waals surface area contributed by atoms with Gasteiger partial charge in [0.05, 0.1) is 17.9 Å². The van der Waals surface area contributed by atoms with E-state index in [4.69, 9.17) is 16.6 Å². The first kappa shape index (κ1) is 18.7. The van der Waals surface area contributed by atoms with Gasteiger partial charge in [-0.3, -0.25) is 4.99 Å². The lowest BCUT2D eigenvalue weighted by Crippen LogP contribution is -2.21. The Morgan fingerprint density at radius 2 is 2.04 bits per heavy atom. The summed E-state index contributed by atoms with van der Waals surface area (Å²) in [5.74, 6) is 1.61. The second-order valence-electron chi connectivity index (χ2n) is 7.20. The van der Waals surface area contributed by atoms with Gasteiger partial charge in [0.1, 0.15) is 11.5 Å². The molecule has 2 N–H and O–H groups in total. The van der Waals surface area contributed by atoms with Crippen LogP contribution in [0.1, 0.15) is 18.1 Å². The molecule has 0 amide bonds. The van der Waals surface area contributed by atoms with Crippen molar-refractivity contribution in [2.75, 3.05) is 44.4 Å². The van der Waals surface area contributed by atoms with Gasteiger partial charge in [0.2, 0.25) is 0 Å². The normalized spacial score (nSPS) is 15.5. The fraction of sp³-hybridized carbons (Fsp3) is 0.286. The topological polar surface area (TPSA) is 64.9 Å². The molecule has 0 saturated heterocycles. The fourth-order valence-corrected chi connectivity index (χ4v) is 3.43. The van der Waals surface area contributed by atoms with Crippen LogP contribution >= 0.6 is 11.6 Å². The zero-order valence-electron chi connectivity index (χ0n) is 16.3. The number of anilines is 2. The highest BCUT2D eigenvalue weighted by atomic mass is 35.5. The first-order valence-corrected chi connectivity index (χ1v) is 9.65. The zero-order chi connectivity index (χ0) is 19.7. The van der Waals surface area contributed by atoms with Gasteiger partial charge < -0.3 is 15.5 Å². The average Bonchev–Trinajstić information content (AvgIpc) is 2.92. The van der Waals surface area contributed by atoms with Gasteiger partial charge in [-0.1, -0.05) is 29.8 Å². The van der Waals surface area contributed by atoms with Crippen molar-refractivity contribution < 1.29 is 0 Å². The number of amidine groups is 1. The number of nitrogens with zero attached hydrogens (tertiary/aromatic N) is 4. The quantitative estimate of drug-likeness (QED) is 0.812. The van der Waals surface area contributed by atoms with E-state index >= 15 is 0 Å². The molecule has 0 spiro atoms. The Hall–Kier alpha value is -2.70. The summed E-state index contributed by atoms with van der Waals surface area (Å²) >= 11 is 6.50. The Balaban J connectivity index is 1.78. The van der Waals surface area contributed by atoms with Gasteiger partial charge in [-0.2, -0.15) is 0 Å². The molecule has 0 bridgehead atoms. The number of halogens is 1. The molecule has 1 aromatic carbocycles. The van der Waals surface area contributed by atoms with Gasteiger partial charge in [0.15, 0.2) is 5.84 Å². The minimum atomic E-state index is 0.658. The molecule has 3 heterocycles. The largest absolute Gasteiger partial charge is 0.369 e. The van der Waals surface area contributed by atoms with Gasteiger partial charge >= 0.3 is 0 Å². The molecule has 2 aliphatic rings. The minimum Gasteiger partial charge on any atom is -0.369 e. The Labute approximate surface area is 170 Å². The van der Waals surface area contributed by atoms with Gasteiger partial charge in [-0.05, 0) is 32.7 Å². The highest BCUT2D eigenvalue weighted by Crippen LogP contribution is 2.31. The van der Waals surface area contributed by atoms with E-state index in [-0.39, 0.29) is 0 Å². The third-order valence-electron chi connectivity index (χ3n) is 4.73. The van der Waals surface area contributed by atoms with Crippen LogP contribution < -0.4 is 10.6 Å². The minimum absolute atomic E-state index is 0.658. The molecule has 7 heteroatoms. The highest BCUT2D eigenvalue weighted by Gasteiger charge is 2.26. The lowest BCUT2D eigenvalue weighted by atomic mass is 10.0. The molecule has 2 aromatic rings. The molecular formula is C21H23ClN6. The summed E-state index contributed by atoms with van der Waals surface area (Å²) in [5, 5.41) is 7.49. The summed E-state index contributed by atoms with van der Waals surface area (Å²) in [4.78, 5) is 16.3. The first-order valence-electron chi connectivity index (χ1n) is 9.27. The molecule has 2 aliphatic heterocycles. The van der Waals surface area contributed by atoms with Crippen molar-refractivity contribution in [3.63, 3.8) is 0 Å². The van der Waals surface area contributed by atoms with Crippen LogP contribution in [0.3, 0.4) is 0 Å². The SMILES string of the molecule is CC1=C2N=C(c3ccccc3Cl)c3cnc(NCCN(C)C)cc3NC2=NC1. The first-order chi connectivity index (χ1) is 13.5. The monoisotopic (exact) mass is 394 g/mol. The molecule has 0 aliphatic carbocycles. The van der Waals surface area contributed by atoms with E-state index in [1.165, 1.54) is 0 Å². The maximum atomic E-state index is 6.50. The smallest absolute Gasteiger partial charge is 0.152 e. The van der Waals surface area contributed by atoms with Crippen LogP contribution in [-0.4, -0.2) is 55.2 Å². The van der Waals surface area contributed by atoms with E-state index in [0.29, 0.717) is 11.6 Å². The van der Waals surface area contributed by atoms with E-state index in [9.17, 15) is 0 Å². The van der Waals surface area contributed by atoms with Gasteiger partial charge in [0.25, 0.3) is 0 Å². The zero-order valence-corrected chi connectivity index (χ0v) is 17.0. The lowest BCUT2D eigenvalue weighted by Gasteiger charge is -2.14. The maximum absolute atomic E-state index is 6.50. The number of hydrogen-bond acceptors (Lipinski definition) is 6. The number of rotatable bonds is 5. The van der Waals surface area contributed by atoms with Gasteiger partial charge in [0, 0.05) is 41.5 Å². The van der Waals surface area contributed by atoms with Crippen LogP contribution in [0.4, 0.5) is 11.5 Å². The average molecular weight is 395 g/mol. The number of aromatic nitrogens is 1. The van der Waals surface area contributed by atoms with E-state index in [1.54, 1.807) is 0 Å². The molecule has 0 atom stereocenters. The van der Waals surface area contributed by atoms with Crippen molar-refractivity contribution in [2.45, 2.75) is 6.92 Å². The van der Waals surface area contributed by atoms with Crippen molar-refractivity contribution in [1.29, 1.82) is 0 Å². The Kier molecular flexibility index (Phi) is 5.15. The fourth-order valence-electron chi connectivity index (χ4n) is 3.21. The van der Waals surface area contributed by atoms with Crippen molar-refractivity contribution >= 4 is 34.7 Å². The molecule has 0 saturated carbocycles.